The van der Waals surface area contributed by atoms with Crippen molar-refractivity contribution in [3.63, 3.8) is 0 Å². The Hall–Kier alpha value is -5.24. The molecule has 0 saturated heterocycles. The van der Waals surface area contributed by atoms with Crippen LogP contribution < -0.4 is 21.3 Å². The lowest BCUT2D eigenvalue weighted by atomic mass is 9.82. The van der Waals surface area contributed by atoms with Gasteiger partial charge < -0.3 is 21.3 Å². The first kappa shape index (κ1) is 36.1. The zero-order valence-corrected chi connectivity index (χ0v) is 30.0. The number of benzene rings is 4. The molecule has 0 aliphatic heterocycles. The summed E-state index contributed by atoms with van der Waals surface area (Å²) in [5.41, 5.74) is 6.82. The van der Waals surface area contributed by atoms with E-state index in [4.69, 9.17) is 0 Å². The summed E-state index contributed by atoms with van der Waals surface area (Å²) in [7, 11) is 0. The maximum absolute atomic E-state index is 13.2. The summed E-state index contributed by atoms with van der Waals surface area (Å²) in [6.45, 7) is 13.9. The van der Waals surface area contributed by atoms with E-state index >= 15 is 0 Å². The van der Waals surface area contributed by atoms with Gasteiger partial charge in [0.2, 0.25) is 0 Å². The highest BCUT2D eigenvalue weighted by molar-refractivity contribution is 6.33. The smallest absolute Gasteiger partial charge is 0.196 e. The molecule has 0 heterocycles. The van der Waals surface area contributed by atoms with E-state index in [2.05, 4.69) is 35.1 Å². The topological polar surface area (TPSA) is 116 Å². The number of fused-ring (bicyclic) bond motifs is 4. The lowest BCUT2D eigenvalue weighted by molar-refractivity contribution is 0.0980. The van der Waals surface area contributed by atoms with Gasteiger partial charge in [0.25, 0.3) is 0 Å². The summed E-state index contributed by atoms with van der Waals surface area (Å²) in [6, 6.07) is 22.1. The van der Waals surface area contributed by atoms with Gasteiger partial charge in [-0.05, 0) is 64.8 Å². The molecule has 0 bridgehead atoms. The van der Waals surface area contributed by atoms with Crippen LogP contribution in [-0.4, -0.2) is 48.3 Å². The van der Waals surface area contributed by atoms with E-state index in [9.17, 15) is 19.2 Å². The number of rotatable bonds is 12. The van der Waals surface area contributed by atoms with Crippen LogP contribution in [0, 0.1) is 0 Å². The molecular weight excluding hydrogens is 624 g/mol. The van der Waals surface area contributed by atoms with Gasteiger partial charge in [0.15, 0.2) is 23.1 Å². The minimum absolute atomic E-state index is 0.0756. The van der Waals surface area contributed by atoms with Gasteiger partial charge in [-0.1, -0.05) is 75.2 Å². The Morgan fingerprint density at radius 2 is 0.720 bits per heavy atom. The number of carbonyl (C=O) groups excluding carboxylic acids is 4. The zero-order valence-electron chi connectivity index (χ0n) is 30.0. The first-order valence-corrected chi connectivity index (χ1v) is 17.8. The number of unbranched alkanes of at least 4 members (excludes halogenated alkanes) is 2. The molecule has 8 heteroatoms. The second-order valence-corrected chi connectivity index (χ2v) is 13.4. The fourth-order valence-corrected chi connectivity index (χ4v) is 6.40. The van der Waals surface area contributed by atoms with Crippen molar-refractivity contribution in [2.75, 3.05) is 34.4 Å². The van der Waals surface area contributed by atoms with E-state index in [0.29, 0.717) is 55.9 Å². The summed E-state index contributed by atoms with van der Waals surface area (Å²) >= 11 is 0. The normalized spacial score (nSPS) is 12.8. The third-order valence-corrected chi connectivity index (χ3v) is 8.73. The Kier molecular flexibility index (Phi) is 11.5. The van der Waals surface area contributed by atoms with Crippen molar-refractivity contribution in [1.29, 1.82) is 0 Å². The van der Waals surface area contributed by atoms with E-state index in [0.717, 1.165) is 50.1 Å². The Labute approximate surface area is 295 Å². The van der Waals surface area contributed by atoms with Gasteiger partial charge in [0.05, 0.1) is 22.3 Å². The molecule has 0 radical (unpaired) electrons. The number of hydrogen-bond acceptors (Lipinski definition) is 8. The van der Waals surface area contributed by atoms with Crippen molar-refractivity contribution in [1.82, 2.24) is 0 Å². The summed E-state index contributed by atoms with van der Waals surface area (Å²) in [5, 5.41) is 13.3. The van der Waals surface area contributed by atoms with E-state index in [-0.39, 0.29) is 35.2 Å². The highest BCUT2D eigenvalue weighted by atomic mass is 16.1. The second kappa shape index (κ2) is 16.0. The Bertz CT molecular complexity index is 1790. The van der Waals surface area contributed by atoms with Crippen molar-refractivity contribution in [3.05, 3.63) is 117 Å². The molecule has 260 valence electrons. The van der Waals surface area contributed by atoms with Gasteiger partial charge in [-0.2, -0.15) is 0 Å². The first-order chi connectivity index (χ1) is 24.1. The Balaban J connectivity index is 0.000000195. The average Bonchev–Trinajstić information content (AvgIpc) is 3.10. The fourth-order valence-electron chi connectivity index (χ4n) is 6.40. The van der Waals surface area contributed by atoms with Crippen LogP contribution in [0.1, 0.15) is 131 Å². The van der Waals surface area contributed by atoms with E-state index < -0.39 is 0 Å². The molecule has 0 aromatic heterocycles. The van der Waals surface area contributed by atoms with Crippen LogP contribution in [0.3, 0.4) is 0 Å². The lowest BCUT2D eigenvalue weighted by Crippen LogP contribution is -2.26. The highest BCUT2D eigenvalue weighted by Crippen LogP contribution is 2.38. The molecule has 0 atom stereocenters. The predicted molar refractivity (Wildman–Crippen MR) is 204 cm³/mol. The number of ketones is 4. The second-order valence-electron chi connectivity index (χ2n) is 13.4. The summed E-state index contributed by atoms with van der Waals surface area (Å²) in [6.07, 6.45) is 4.18. The first-order valence-electron chi connectivity index (χ1n) is 17.8. The van der Waals surface area contributed by atoms with Crippen LogP contribution in [0.4, 0.5) is 22.7 Å². The molecule has 0 spiro atoms. The molecule has 8 nitrogen and oxygen atoms in total. The maximum atomic E-state index is 13.2. The average molecular weight is 673 g/mol. The van der Waals surface area contributed by atoms with Crippen molar-refractivity contribution in [3.8, 4) is 0 Å². The third kappa shape index (κ3) is 7.34. The molecule has 0 saturated carbocycles. The fraction of sp³-hybridized carbons (Fsp3) is 0.333. The van der Waals surface area contributed by atoms with E-state index in [1.807, 2.05) is 64.1 Å². The van der Waals surface area contributed by atoms with E-state index in [1.54, 1.807) is 36.4 Å². The standard InChI is InChI=1S/C22H26N2O2.C20H22N2O2/c1-3-5-13-23-17-11-12-18(24-14-6-4-2)20-19(17)21(25)15-9-7-8-10-16(15)22(20)26;1-11(2)21-15-9-10-16(22-12(3)4)18-17(15)19(23)13-7-5-6-8-14(13)20(18)24/h7-12,23-24H,3-6,13-14H2,1-2H3;5-12,21-22H,1-4H3. The van der Waals surface area contributed by atoms with Crippen LogP contribution >= 0.6 is 0 Å². The lowest BCUT2D eigenvalue weighted by Gasteiger charge is -2.25. The zero-order chi connectivity index (χ0) is 35.9. The molecule has 0 fully saturated rings. The number of anilines is 4. The minimum Gasteiger partial charge on any atom is -0.384 e. The Morgan fingerprint density at radius 3 is 1.00 bits per heavy atom. The van der Waals surface area contributed by atoms with Gasteiger partial charge >= 0.3 is 0 Å². The van der Waals surface area contributed by atoms with Crippen molar-refractivity contribution in [2.24, 2.45) is 0 Å². The third-order valence-electron chi connectivity index (χ3n) is 8.73. The van der Waals surface area contributed by atoms with Gasteiger partial charge in [-0.15, -0.1) is 0 Å². The quantitative estimate of drug-likeness (QED) is 0.0953. The summed E-state index contributed by atoms with van der Waals surface area (Å²) in [5.74, 6) is -0.354. The molecular formula is C42H48N4O4. The molecule has 0 amide bonds. The number of carbonyl (C=O) groups is 4. The van der Waals surface area contributed by atoms with Crippen LogP contribution in [0.2, 0.25) is 0 Å². The van der Waals surface area contributed by atoms with Crippen molar-refractivity contribution >= 4 is 45.9 Å². The molecule has 4 aromatic rings. The summed E-state index contributed by atoms with van der Waals surface area (Å²) < 4.78 is 0. The molecule has 0 unspecified atom stereocenters. The number of nitrogens with one attached hydrogen (secondary N) is 4. The highest BCUT2D eigenvalue weighted by Gasteiger charge is 2.35. The SMILES string of the molecule is CC(C)Nc1ccc(NC(C)C)c2c1C(=O)c1ccccc1C2=O.CCCCNc1ccc(NCCCC)c2c1C(=O)c1ccccc1C2=O. The van der Waals surface area contributed by atoms with Gasteiger partial charge in [0.1, 0.15) is 0 Å². The molecule has 4 aromatic carbocycles. The van der Waals surface area contributed by atoms with E-state index in [1.165, 1.54) is 0 Å². The minimum atomic E-state index is -0.101. The van der Waals surface area contributed by atoms with Gasteiger partial charge in [-0.25, -0.2) is 0 Å². The molecule has 6 rings (SSSR count). The van der Waals surface area contributed by atoms with Crippen LogP contribution in [0.25, 0.3) is 0 Å². The monoisotopic (exact) mass is 672 g/mol. The molecule has 4 N–H and O–H groups in total. The molecule has 50 heavy (non-hydrogen) atoms. The summed E-state index contributed by atoms with van der Waals surface area (Å²) in [4.78, 5) is 52.5. The Morgan fingerprint density at radius 1 is 0.440 bits per heavy atom. The van der Waals surface area contributed by atoms with Crippen LogP contribution in [-0.2, 0) is 0 Å². The van der Waals surface area contributed by atoms with Gasteiger partial charge in [0, 0.05) is 70.2 Å². The van der Waals surface area contributed by atoms with Crippen molar-refractivity contribution < 1.29 is 19.2 Å². The van der Waals surface area contributed by atoms with Gasteiger partial charge in [-0.3, -0.25) is 19.2 Å². The molecule has 2 aliphatic rings. The molecule has 2 aliphatic carbocycles. The predicted octanol–water partition coefficient (Wildman–Crippen LogP) is 8.99. The van der Waals surface area contributed by atoms with Crippen LogP contribution in [0.5, 0.6) is 0 Å². The van der Waals surface area contributed by atoms with Crippen molar-refractivity contribution in [2.45, 2.75) is 79.3 Å². The largest absolute Gasteiger partial charge is 0.384 e. The number of hydrogen-bond donors (Lipinski definition) is 4. The maximum Gasteiger partial charge on any atom is 0.196 e. The van der Waals surface area contributed by atoms with Crippen LogP contribution in [0.15, 0.2) is 72.8 Å².